The van der Waals surface area contributed by atoms with Gasteiger partial charge in [-0.3, -0.25) is 0 Å². The molecule has 1 spiro atoms. The highest BCUT2D eigenvalue weighted by atomic mass is 79.9. The van der Waals surface area contributed by atoms with Gasteiger partial charge in [-0.25, -0.2) is 4.79 Å². The van der Waals surface area contributed by atoms with Crippen molar-refractivity contribution in [3.05, 3.63) is 28.2 Å². The largest absolute Gasteiger partial charge is 0.462 e. The van der Waals surface area contributed by atoms with E-state index in [1.165, 1.54) is 0 Å². The van der Waals surface area contributed by atoms with E-state index in [1.54, 1.807) is 0 Å². The lowest BCUT2D eigenvalue weighted by atomic mass is 10.0. The summed E-state index contributed by atoms with van der Waals surface area (Å²) in [6.45, 7) is 4.42. The molecule has 1 fully saturated rings. The van der Waals surface area contributed by atoms with E-state index in [4.69, 9.17) is 9.47 Å². The Hall–Kier alpha value is -1.27. The standard InChI is InChI=1S/C15H19BrN2O3/c1-2-17-14(19)18-7-5-15(6-8-18)20-10-11-9-12(16)3-4-13(11)21-15/h3-4,9H,2,5-8,10H2,1H3,(H,17,19). The number of urea groups is 1. The Kier molecular flexibility index (Phi) is 4.08. The van der Waals surface area contributed by atoms with Crippen LogP contribution in [0.3, 0.4) is 0 Å². The van der Waals surface area contributed by atoms with Crippen LogP contribution in [0.25, 0.3) is 0 Å². The molecule has 1 aromatic carbocycles. The fourth-order valence-corrected chi connectivity index (χ4v) is 3.17. The fraction of sp³-hybridized carbons (Fsp3) is 0.533. The van der Waals surface area contributed by atoms with E-state index in [-0.39, 0.29) is 6.03 Å². The van der Waals surface area contributed by atoms with E-state index < -0.39 is 5.79 Å². The van der Waals surface area contributed by atoms with Crippen molar-refractivity contribution >= 4 is 22.0 Å². The highest BCUT2D eigenvalue weighted by Gasteiger charge is 2.41. The number of rotatable bonds is 1. The Morgan fingerprint density at radius 3 is 2.90 bits per heavy atom. The van der Waals surface area contributed by atoms with Gasteiger partial charge in [-0.1, -0.05) is 15.9 Å². The molecule has 1 saturated heterocycles. The zero-order valence-corrected chi connectivity index (χ0v) is 13.6. The van der Waals surface area contributed by atoms with Crippen LogP contribution >= 0.6 is 15.9 Å². The molecular weight excluding hydrogens is 336 g/mol. The second-order valence-corrected chi connectivity index (χ2v) is 6.29. The zero-order valence-electron chi connectivity index (χ0n) is 12.0. The molecule has 2 amide bonds. The lowest BCUT2D eigenvalue weighted by molar-refractivity contribution is -0.225. The number of hydrogen-bond donors (Lipinski definition) is 1. The van der Waals surface area contributed by atoms with Crippen molar-refractivity contribution in [1.82, 2.24) is 10.2 Å². The second-order valence-electron chi connectivity index (χ2n) is 5.38. The highest BCUT2D eigenvalue weighted by molar-refractivity contribution is 9.10. The van der Waals surface area contributed by atoms with Gasteiger partial charge in [-0.05, 0) is 25.1 Å². The number of benzene rings is 1. The number of fused-ring (bicyclic) bond motifs is 1. The summed E-state index contributed by atoms with van der Waals surface area (Å²) in [5, 5.41) is 2.83. The molecule has 0 aromatic heterocycles. The van der Waals surface area contributed by atoms with Crippen LogP contribution in [-0.2, 0) is 11.3 Å². The minimum atomic E-state index is -0.580. The number of carbonyl (C=O) groups is 1. The first-order valence-corrected chi connectivity index (χ1v) is 8.05. The van der Waals surface area contributed by atoms with Gasteiger partial charge in [-0.15, -0.1) is 0 Å². The average Bonchev–Trinajstić information content (AvgIpc) is 2.49. The summed E-state index contributed by atoms with van der Waals surface area (Å²) < 4.78 is 13.1. The van der Waals surface area contributed by atoms with Gasteiger partial charge in [0.2, 0.25) is 5.79 Å². The van der Waals surface area contributed by atoms with Crippen LogP contribution in [-0.4, -0.2) is 36.4 Å². The predicted molar refractivity (Wildman–Crippen MR) is 82.2 cm³/mol. The molecule has 1 N–H and O–H groups in total. The van der Waals surface area contributed by atoms with Crippen LogP contribution in [0, 0.1) is 0 Å². The molecular formula is C15H19BrN2O3. The molecule has 0 unspecified atom stereocenters. The maximum Gasteiger partial charge on any atom is 0.317 e. The number of nitrogens with zero attached hydrogens (tertiary/aromatic N) is 1. The molecule has 2 aliphatic heterocycles. The predicted octanol–water partition coefficient (Wildman–Crippen LogP) is 2.88. The minimum Gasteiger partial charge on any atom is -0.462 e. The van der Waals surface area contributed by atoms with Crippen molar-refractivity contribution < 1.29 is 14.3 Å². The van der Waals surface area contributed by atoms with Crippen LogP contribution in [0.15, 0.2) is 22.7 Å². The molecule has 0 radical (unpaired) electrons. The minimum absolute atomic E-state index is 0.00695. The van der Waals surface area contributed by atoms with Crippen LogP contribution in [0.2, 0.25) is 0 Å². The number of ether oxygens (including phenoxy) is 2. The van der Waals surface area contributed by atoms with Gasteiger partial charge in [0.1, 0.15) is 5.75 Å². The molecule has 6 heteroatoms. The summed E-state index contributed by atoms with van der Waals surface area (Å²) in [6.07, 6.45) is 1.39. The molecule has 2 heterocycles. The van der Waals surface area contributed by atoms with Crippen LogP contribution < -0.4 is 10.1 Å². The molecule has 0 aliphatic carbocycles. The Labute approximate surface area is 132 Å². The molecule has 1 aromatic rings. The number of carbonyl (C=O) groups excluding carboxylic acids is 1. The Balaban J connectivity index is 1.66. The smallest absolute Gasteiger partial charge is 0.317 e. The van der Waals surface area contributed by atoms with Gasteiger partial charge < -0.3 is 19.7 Å². The molecule has 2 aliphatic rings. The molecule has 0 bridgehead atoms. The molecule has 5 nitrogen and oxygen atoms in total. The van der Waals surface area contributed by atoms with Crippen molar-refractivity contribution in [2.24, 2.45) is 0 Å². The van der Waals surface area contributed by atoms with Crippen LogP contribution in [0.1, 0.15) is 25.3 Å². The topological polar surface area (TPSA) is 50.8 Å². The van der Waals surface area contributed by atoms with Gasteiger partial charge in [0.15, 0.2) is 0 Å². The quantitative estimate of drug-likeness (QED) is 0.843. The number of piperidine rings is 1. The molecule has 0 saturated carbocycles. The van der Waals surface area contributed by atoms with E-state index in [0.29, 0.717) is 39.1 Å². The van der Waals surface area contributed by atoms with Gasteiger partial charge in [0.25, 0.3) is 0 Å². The second kappa shape index (κ2) is 5.85. The van der Waals surface area contributed by atoms with E-state index in [2.05, 4.69) is 21.2 Å². The third kappa shape index (κ3) is 3.01. The molecule has 0 atom stereocenters. The monoisotopic (exact) mass is 354 g/mol. The third-order valence-electron chi connectivity index (χ3n) is 3.95. The summed E-state index contributed by atoms with van der Waals surface area (Å²) in [5.41, 5.74) is 1.06. The van der Waals surface area contributed by atoms with Crippen molar-refractivity contribution in [2.75, 3.05) is 19.6 Å². The first kappa shape index (κ1) is 14.7. The number of halogens is 1. The number of nitrogens with one attached hydrogen (secondary N) is 1. The summed E-state index contributed by atoms with van der Waals surface area (Å²) in [7, 11) is 0. The maximum absolute atomic E-state index is 11.8. The maximum atomic E-state index is 11.8. The van der Waals surface area contributed by atoms with Crippen LogP contribution in [0.4, 0.5) is 4.79 Å². The van der Waals surface area contributed by atoms with Crippen molar-refractivity contribution in [2.45, 2.75) is 32.2 Å². The normalized spacial score (nSPS) is 19.8. The third-order valence-corrected chi connectivity index (χ3v) is 4.44. The lowest BCUT2D eigenvalue weighted by Crippen LogP contribution is -2.54. The van der Waals surface area contributed by atoms with E-state index >= 15 is 0 Å². The first-order chi connectivity index (χ1) is 10.1. The molecule has 114 valence electrons. The lowest BCUT2D eigenvalue weighted by Gasteiger charge is -2.43. The van der Waals surface area contributed by atoms with Crippen LogP contribution in [0.5, 0.6) is 5.75 Å². The van der Waals surface area contributed by atoms with Crippen molar-refractivity contribution in [3.8, 4) is 5.75 Å². The molecule has 3 rings (SSSR count). The SMILES string of the molecule is CCNC(=O)N1CCC2(CC1)OCc1cc(Br)ccc1O2. The van der Waals surface area contributed by atoms with Gasteiger partial charge >= 0.3 is 6.03 Å². The van der Waals surface area contributed by atoms with E-state index in [9.17, 15) is 4.79 Å². The Morgan fingerprint density at radius 2 is 2.19 bits per heavy atom. The van der Waals surface area contributed by atoms with E-state index in [0.717, 1.165) is 15.8 Å². The Bertz CT molecular complexity index is 542. The summed E-state index contributed by atoms with van der Waals surface area (Å²) >= 11 is 3.45. The first-order valence-electron chi connectivity index (χ1n) is 7.26. The number of likely N-dealkylation sites (tertiary alicyclic amines) is 1. The van der Waals surface area contributed by atoms with E-state index in [1.807, 2.05) is 30.0 Å². The zero-order chi connectivity index (χ0) is 14.9. The van der Waals surface area contributed by atoms with Gasteiger partial charge in [-0.2, -0.15) is 0 Å². The summed E-state index contributed by atoms with van der Waals surface area (Å²) in [6, 6.07) is 5.96. The molecule has 21 heavy (non-hydrogen) atoms. The fourth-order valence-electron chi connectivity index (χ4n) is 2.76. The van der Waals surface area contributed by atoms with Gasteiger partial charge in [0.05, 0.1) is 6.61 Å². The summed E-state index contributed by atoms with van der Waals surface area (Å²) in [4.78, 5) is 13.7. The number of amides is 2. The summed E-state index contributed by atoms with van der Waals surface area (Å²) in [5.74, 6) is 0.306. The van der Waals surface area contributed by atoms with Gasteiger partial charge in [0, 0.05) is 42.5 Å². The highest BCUT2D eigenvalue weighted by Crippen LogP contribution is 2.38. The van der Waals surface area contributed by atoms with Crippen molar-refractivity contribution in [3.63, 3.8) is 0 Å². The Morgan fingerprint density at radius 1 is 1.43 bits per heavy atom. The average molecular weight is 355 g/mol. The van der Waals surface area contributed by atoms with Crippen molar-refractivity contribution in [1.29, 1.82) is 0 Å². The number of hydrogen-bond acceptors (Lipinski definition) is 3.